The topological polar surface area (TPSA) is 83.6 Å². The highest BCUT2D eigenvalue weighted by Crippen LogP contribution is 2.07. The lowest BCUT2D eigenvalue weighted by atomic mass is 10.2. The molecule has 1 amide bonds. The maximum atomic E-state index is 12.0. The number of nitrogens with two attached hydrogens (primary N) is 1. The molecule has 6 heteroatoms. The molecule has 112 valence electrons. The van der Waals surface area contributed by atoms with Crippen molar-refractivity contribution in [1.29, 1.82) is 0 Å². The molecule has 0 radical (unpaired) electrons. The maximum Gasteiger partial charge on any atom is 0.321 e. The van der Waals surface area contributed by atoms with Gasteiger partial charge in [-0.05, 0) is 12.8 Å². The van der Waals surface area contributed by atoms with Crippen molar-refractivity contribution in [1.82, 2.24) is 4.90 Å². The van der Waals surface area contributed by atoms with Gasteiger partial charge >= 0.3 is 5.97 Å². The first-order chi connectivity index (χ1) is 9.02. The molecule has 0 heterocycles. The lowest BCUT2D eigenvalue weighted by molar-refractivity contribution is -0.138. The van der Waals surface area contributed by atoms with Crippen molar-refractivity contribution in [2.75, 3.05) is 24.6 Å². The Bertz CT molecular complexity index is 267. The molecule has 0 unspecified atom stereocenters. The molecule has 0 bridgehead atoms. The molecule has 0 rings (SSSR count). The lowest BCUT2D eigenvalue weighted by Gasteiger charge is -2.22. The van der Waals surface area contributed by atoms with Crippen molar-refractivity contribution in [3.8, 4) is 0 Å². The molecule has 5 nitrogen and oxygen atoms in total. The van der Waals surface area contributed by atoms with Crippen LogP contribution in [0.3, 0.4) is 0 Å². The number of aliphatic carboxylic acids is 1. The maximum absolute atomic E-state index is 12.0. The van der Waals surface area contributed by atoms with Crippen molar-refractivity contribution < 1.29 is 14.7 Å². The van der Waals surface area contributed by atoms with Gasteiger partial charge in [0.2, 0.25) is 5.91 Å². The van der Waals surface area contributed by atoms with Crippen molar-refractivity contribution in [3.63, 3.8) is 0 Å². The fourth-order valence-electron chi connectivity index (χ4n) is 1.49. The van der Waals surface area contributed by atoms with Crippen molar-refractivity contribution in [3.05, 3.63) is 0 Å². The standard InChI is InChI=1S/C13H26N2O3S/c1-3-5-7-15(8-6-4-2)12(16)10-19-9-11(14)13(17)18/h11H,3-10,14H2,1-2H3,(H,17,18)/t11-/m1/s1. The second kappa shape index (κ2) is 11.1. The molecular weight excluding hydrogens is 264 g/mol. The zero-order valence-corrected chi connectivity index (χ0v) is 12.7. The quantitative estimate of drug-likeness (QED) is 0.603. The normalized spacial score (nSPS) is 12.2. The van der Waals surface area contributed by atoms with Gasteiger partial charge in [0.25, 0.3) is 0 Å². The first-order valence-corrected chi connectivity index (χ1v) is 8.02. The van der Waals surface area contributed by atoms with E-state index in [9.17, 15) is 9.59 Å². The van der Waals surface area contributed by atoms with Gasteiger partial charge in [-0.15, -0.1) is 11.8 Å². The SMILES string of the molecule is CCCCN(CCCC)C(=O)CSC[C@@H](N)C(=O)O. The van der Waals surface area contributed by atoms with Gasteiger partial charge in [0.1, 0.15) is 6.04 Å². The Kier molecular flexibility index (Phi) is 10.7. The molecular formula is C13H26N2O3S. The number of amides is 1. The average molecular weight is 290 g/mol. The van der Waals surface area contributed by atoms with E-state index in [4.69, 9.17) is 10.8 Å². The third-order valence-corrected chi connectivity index (χ3v) is 3.80. The first-order valence-electron chi connectivity index (χ1n) is 6.86. The van der Waals surface area contributed by atoms with Crippen LogP contribution in [-0.2, 0) is 9.59 Å². The van der Waals surface area contributed by atoms with Crippen LogP contribution in [0.4, 0.5) is 0 Å². The average Bonchev–Trinajstić information content (AvgIpc) is 2.38. The van der Waals surface area contributed by atoms with Crippen LogP contribution >= 0.6 is 11.8 Å². The van der Waals surface area contributed by atoms with Crippen LogP contribution in [0.2, 0.25) is 0 Å². The molecule has 0 saturated heterocycles. The summed E-state index contributed by atoms with van der Waals surface area (Å²) in [5.74, 6) is -0.344. The molecule has 19 heavy (non-hydrogen) atoms. The van der Waals surface area contributed by atoms with Crippen LogP contribution in [0.25, 0.3) is 0 Å². The van der Waals surface area contributed by atoms with Gasteiger partial charge in [0.15, 0.2) is 0 Å². The number of thioether (sulfide) groups is 1. The molecule has 0 aromatic rings. The smallest absolute Gasteiger partial charge is 0.321 e. The molecule has 0 spiro atoms. The van der Waals surface area contributed by atoms with Gasteiger partial charge in [-0.3, -0.25) is 9.59 Å². The van der Waals surface area contributed by atoms with E-state index in [2.05, 4.69) is 13.8 Å². The van der Waals surface area contributed by atoms with Gasteiger partial charge in [0.05, 0.1) is 5.75 Å². The van der Waals surface area contributed by atoms with Crippen molar-refractivity contribution in [2.45, 2.75) is 45.6 Å². The monoisotopic (exact) mass is 290 g/mol. The Morgan fingerprint density at radius 1 is 1.21 bits per heavy atom. The summed E-state index contributed by atoms with van der Waals surface area (Å²) in [5, 5.41) is 8.66. The molecule has 0 aliphatic rings. The van der Waals surface area contributed by atoms with E-state index in [1.54, 1.807) is 0 Å². The zero-order valence-electron chi connectivity index (χ0n) is 11.9. The second-order valence-electron chi connectivity index (χ2n) is 4.55. The van der Waals surface area contributed by atoms with Crippen LogP contribution in [0.5, 0.6) is 0 Å². The highest BCUT2D eigenvalue weighted by molar-refractivity contribution is 8.00. The molecule has 0 aromatic heterocycles. The number of carboxylic acids is 1. The molecule has 0 aliphatic heterocycles. The van der Waals surface area contributed by atoms with Crippen molar-refractivity contribution >= 4 is 23.6 Å². The van der Waals surface area contributed by atoms with Crippen LogP contribution in [-0.4, -0.2) is 52.5 Å². The second-order valence-corrected chi connectivity index (χ2v) is 5.58. The summed E-state index contributed by atoms with van der Waals surface area (Å²) in [6.45, 7) is 5.79. The Balaban J connectivity index is 4.04. The number of carbonyl (C=O) groups excluding carboxylic acids is 1. The van der Waals surface area contributed by atoms with Crippen LogP contribution in [0.15, 0.2) is 0 Å². The molecule has 0 aliphatic carbocycles. The van der Waals surface area contributed by atoms with Gasteiger partial charge in [-0.25, -0.2) is 0 Å². The predicted molar refractivity (Wildman–Crippen MR) is 79.3 cm³/mol. The molecule has 0 fully saturated rings. The largest absolute Gasteiger partial charge is 0.480 e. The van der Waals surface area contributed by atoms with E-state index in [0.29, 0.717) is 5.75 Å². The number of rotatable bonds is 11. The number of nitrogens with zero attached hydrogens (tertiary/aromatic N) is 1. The summed E-state index contributed by atoms with van der Waals surface area (Å²) in [6, 6.07) is -0.891. The van der Waals surface area contributed by atoms with E-state index >= 15 is 0 Å². The molecule has 0 saturated carbocycles. The summed E-state index contributed by atoms with van der Waals surface area (Å²) in [5.41, 5.74) is 5.39. The highest BCUT2D eigenvalue weighted by Gasteiger charge is 2.15. The Hall–Kier alpha value is -0.750. The first kappa shape index (κ1) is 18.2. The zero-order chi connectivity index (χ0) is 14.7. The summed E-state index contributed by atoms with van der Waals surface area (Å²) in [7, 11) is 0. The number of hydrogen-bond acceptors (Lipinski definition) is 4. The summed E-state index contributed by atoms with van der Waals surface area (Å²) in [6.07, 6.45) is 4.14. The fourth-order valence-corrected chi connectivity index (χ4v) is 2.37. The van der Waals surface area contributed by atoms with Gasteiger partial charge in [-0.1, -0.05) is 26.7 Å². The third-order valence-electron chi connectivity index (χ3n) is 2.76. The number of carboxylic acid groups (broad SMARTS) is 1. The Morgan fingerprint density at radius 2 is 1.74 bits per heavy atom. The van der Waals surface area contributed by atoms with Gasteiger partial charge in [0, 0.05) is 18.8 Å². The molecule has 3 N–H and O–H groups in total. The third kappa shape index (κ3) is 8.88. The predicted octanol–water partition coefficient (Wildman–Crippen LogP) is 1.56. The van der Waals surface area contributed by atoms with Crippen LogP contribution in [0.1, 0.15) is 39.5 Å². The van der Waals surface area contributed by atoms with Crippen LogP contribution < -0.4 is 5.73 Å². The molecule has 0 aromatic carbocycles. The fraction of sp³-hybridized carbons (Fsp3) is 0.846. The minimum Gasteiger partial charge on any atom is -0.480 e. The Labute approximate surface area is 119 Å². The van der Waals surface area contributed by atoms with E-state index in [1.165, 1.54) is 11.8 Å². The van der Waals surface area contributed by atoms with E-state index in [1.807, 2.05) is 4.90 Å². The van der Waals surface area contributed by atoms with Crippen LogP contribution in [0, 0.1) is 0 Å². The van der Waals surface area contributed by atoms with Crippen molar-refractivity contribution in [2.24, 2.45) is 5.73 Å². The summed E-state index contributed by atoms with van der Waals surface area (Å²) < 4.78 is 0. The lowest BCUT2D eigenvalue weighted by Crippen LogP contribution is -2.36. The number of carbonyl (C=O) groups is 2. The van der Waals surface area contributed by atoms with E-state index in [0.717, 1.165) is 38.8 Å². The minimum atomic E-state index is -1.02. The van der Waals surface area contributed by atoms with Gasteiger partial charge in [-0.2, -0.15) is 0 Å². The number of unbranched alkanes of at least 4 members (excludes halogenated alkanes) is 2. The summed E-state index contributed by atoms with van der Waals surface area (Å²) >= 11 is 1.30. The summed E-state index contributed by atoms with van der Waals surface area (Å²) in [4.78, 5) is 24.5. The van der Waals surface area contributed by atoms with E-state index < -0.39 is 12.0 Å². The minimum absolute atomic E-state index is 0.0875. The van der Waals surface area contributed by atoms with Gasteiger partial charge < -0.3 is 15.7 Å². The number of hydrogen-bond donors (Lipinski definition) is 2. The molecule has 1 atom stereocenters. The Morgan fingerprint density at radius 3 is 2.16 bits per heavy atom. The highest BCUT2D eigenvalue weighted by atomic mass is 32.2. The van der Waals surface area contributed by atoms with E-state index in [-0.39, 0.29) is 11.7 Å².